The maximum atomic E-state index is 14.2. The third-order valence-corrected chi connectivity index (χ3v) is 2.87. The minimum Gasteiger partial charge on any atom is -0.388 e. The van der Waals surface area contributed by atoms with Crippen LogP contribution in [-0.4, -0.2) is 22.3 Å². The van der Waals surface area contributed by atoms with Gasteiger partial charge in [0.2, 0.25) is 0 Å². The van der Waals surface area contributed by atoms with Crippen LogP contribution in [0.5, 0.6) is 0 Å². The number of nitrogens with one attached hydrogen (secondary N) is 1. The Hall–Kier alpha value is -2.50. The van der Waals surface area contributed by atoms with Crippen molar-refractivity contribution < 1.29 is 4.39 Å². The Morgan fingerprint density at radius 1 is 1.30 bits per heavy atom. The number of anilines is 2. The number of benzene rings is 1. The summed E-state index contributed by atoms with van der Waals surface area (Å²) in [5.74, 6) is -0.207. The zero-order valence-corrected chi connectivity index (χ0v) is 11.2. The van der Waals surface area contributed by atoms with E-state index in [-0.39, 0.29) is 11.7 Å². The van der Waals surface area contributed by atoms with Gasteiger partial charge in [-0.05, 0) is 19.1 Å². The molecule has 2 aromatic rings. The summed E-state index contributed by atoms with van der Waals surface area (Å²) in [6.45, 7) is 1.97. The van der Waals surface area contributed by atoms with E-state index in [1.54, 1.807) is 11.8 Å². The van der Waals surface area contributed by atoms with Gasteiger partial charge in [-0.1, -0.05) is 18.2 Å². The average molecular weight is 273 g/mol. The Balaban J connectivity index is 2.40. The van der Waals surface area contributed by atoms with Gasteiger partial charge in [0.05, 0.1) is 11.5 Å². The van der Waals surface area contributed by atoms with Crippen LogP contribution in [0.3, 0.4) is 0 Å². The predicted molar refractivity (Wildman–Crippen MR) is 76.7 cm³/mol. The van der Waals surface area contributed by atoms with Gasteiger partial charge >= 0.3 is 0 Å². The first-order chi connectivity index (χ1) is 9.59. The highest BCUT2D eigenvalue weighted by molar-refractivity contribution is 5.78. The average Bonchev–Trinajstić information content (AvgIpc) is 2.44. The number of aromatic nitrogens is 2. The van der Waals surface area contributed by atoms with E-state index in [1.165, 1.54) is 6.33 Å². The van der Waals surface area contributed by atoms with Crippen LogP contribution in [0, 0.1) is 18.2 Å². The SMILES string of the molecule is Cc1ncnc(N(CCC(=N)N)c2ccccc2)c1F. The van der Waals surface area contributed by atoms with Gasteiger partial charge in [-0.15, -0.1) is 0 Å². The molecule has 5 nitrogen and oxygen atoms in total. The normalized spacial score (nSPS) is 10.3. The van der Waals surface area contributed by atoms with Crippen molar-refractivity contribution in [2.75, 3.05) is 11.4 Å². The van der Waals surface area contributed by atoms with Crippen molar-refractivity contribution in [2.45, 2.75) is 13.3 Å². The molecule has 0 amide bonds. The highest BCUT2D eigenvalue weighted by Crippen LogP contribution is 2.26. The highest BCUT2D eigenvalue weighted by Gasteiger charge is 2.17. The fourth-order valence-corrected chi connectivity index (χ4v) is 1.83. The molecule has 104 valence electrons. The zero-order chi connectivity index (χ0) is 14.5. The number of nitrogens with zero attached hydrogens (tertiary/aromatic N) is 3. The first kappa shape index (κ1) is 13.9. The fourth-order valence-electron chi connectivity index (χ4n) is 1.83. The summed E-state index contributed by atoms with van der Waals surface area (Å²) in [4.78, 5) is 9.55. The molecule has 0 spiro atoms. The lowest BCUT2D eigenvalue weighted by molar-refractivity contribution is 0.598. The minimum atomic E-state index is -0.458. The third-order valence-electron chi connectivity index (χ3n) is 2.87. The Morgan fingerprint density at radius 2 is 2.00 bits per heavy atom. The molecule has 6 heteroatoms. The summed E-state index contributed by atoms with van der Waals surface area (Å²) >= 11 is 0. The maximum Gasteiger partial charge on any atom is 0.187 e. The number of hydrogen-bond acceptors (Lipinski definition) is 4. The Morgan fingerprint density at radius 3 is 2.65 bits per heavy atom. The topological polar surface area (TPSA) is 78.9 Å². The van der Waals surface area contributed by atoms with Crippen LogP contribution < -0.4 is 10.6 Å². The molecule has 0 saturated heterocycles. The molecule has 0 saturated carbocycles. The predicted octanol–water partition coefficient (Wildman–Crippen LogP) is 2.39. The van der Waals surface area contributed by atoms with Crippen molar-refractivity contribution in [3.63, 3.8) is 0 Å². The summed E-state index contributed by atoms with van der Waals surface area (Å²) in [5, 5.41) is 7.33. The van der Waals surface area contributed by atoms with Crippen molar-refractivity contribution in [2.24, 2.45) is 5.73 Å². The molecule has 1 aromatic carbocycles. The van der Waals surface area contributed by atoms with Crippen LogP contribution in [-0.2, 0) is 0 Å². The first-order valence-corrected chi connectivity index (χ1v) is 6.22. The molecule has 1 aromatic heterocycles. The van der Waals surface area contributed by atoms with E-state index in [2.05, 4.69) is 9.97 Å². The van der Waals surface area contributed by atoms with E-state index in [0.717, 1.165) is 5.69 Å². The lowest BCUT2D eigenvalue weighted by Crippen LogP contribution is -2.25. The number of amidine groups is 1. The number of rotatable bonds is 5. The molecule has 1 heterocycles. The first-order valence-electron chi connectivity index (χ1n) is 6.22. The molecule has 2 rings (SSSR count). The number of nitrogens with two attached hydrogens (primary N) is 1. The molecule has 0 bridgehead atoms. The summed E-state index contributed by atoms with van der Waals surface area (Å²) in [7, 11) is 0. The summed E-state index contributed by atoms with van der Waals surface area (Å²) in [5.41, 5.74) is 6.48. The van der Waals surface area contributed by atoms with Crippen LogP contribution >= 0.6 is 0 Å². The number of para-hydroxylation sites is 1. The zero-order valence-electron chi connectivity index (χ0n) is 11.2. The molecular formula is C14H16FN5. The lowest BCUT2D eigenvalue weighted by Gasteiger charge is -2.24. The molecular weight excluding hydrogens is 257 g/mol. The fraction of sp³-hybridized carbons (Fsp3) is 0.214. The molecule has 20 heavy (non-hydrogen) atoms. The second kappa shape index (κ2) is 6.10. The maximum absolute atomic E-state index is 14.2. The molecule has 3 N–H and O–H groups in total. The molecule has 0 aliphatic heterocycles. The number of halogens is 1. The summed E-state index contributed by atoms with van der Waals surface area (Å²) < 4.78 is 14.2. The summed E-state index contributed by atoms with van der Waals surface area (Å²) in [6, 6.07) is 9.33. The second-order valence-electron chi connectivity index (χ2n) is 4.36. The molecule has 0 radical (unpaired) electrons. The largest absolute Gasteiger partial charge is 0.388 e. The molecule has 0 aliphatic rings. The van der Waals surface area contributed by atoms with Crippen LogP contribution in [0.15, 0.2) is 36.7 Å². The van der Waals surface area contributed by atoms with Crippen molar-refractivity contribution in [1.82, 2.24) is 9.97 Å². The minimum absolute atomic E-state index is 0.0529. The van der Waals surface area contributed by atoms with E-state index in [1.807, 2.05) is 30.3 Å². The third kappa shape index (κ3) is 3.09. The summed E-state index contributed by atoms with van der Waals surface area (Å²) in [6.07, 6.45) is 1.66. The van der Waals surface area contributed by atoms with Gasteiger partial charge in [-0.2, -0.15) is 0 Å². The van der Waals surface area contributed by atoms with E-state index in [9.17, 15) is 4.39 Å². The number of aryl methyl sites for hydroxylation is 1. The van der Waals surface area contributed by atoms with Gasteiger partial charge in [0.25, 0.3) is 0 Å². The molecule has 0 aliphatic carbocycles. The quantitative estimate of drug-likeness (QED) is 0.647. The van der Waals surface area contributed by atoms with E-state index in [4.69, 9.17) is 11.1 Å². The Bertz CT molecular complexity index is 600. The lowest BCUT2D eigenvalue weighted by atomic mass is 10.2. The van der Waals surface area contributed by atoms with Crippen molar-refractivity contribution >= 4 is 17.3 Å². The van der Waals surface area contributed by atoms with Crippen molar-refractivity contribution in [3.8, 4) is 0 Å². The second-order valence-corrected chi connectivity index (χ2v) is 4.36. The van der Waals surface area contributed by atoms with Gasteiger partial charge in [-0.25, -0.2) is 14.4 Å². The number of hydrogen-bond donors (Lipinski definition) is 2. The highest BCUT2D eigenvalue weighted by atomic mass is 19.1. The van der Waals surface area contributed by atoms with E-state index >= 15 is 0 Å². The van der Waals surface area contributed by atoms with Gasteiger partial charge < -0.3 is 10.6 Å². The van der Waals surface area contributed by atoms with E-state index < -0.39 is 5.82 Å². The monoisotopic (exact) mass is 273 g/mol. The van der Waals surface area contributed by atoms with Gasteiger partial charge in [0, 0.05) is 18.7 Å². The van der Waals surface area contributed by atoms with Crippen LogP contribution in [0.25, 0.3) is 0 Å². The van der Waals surface area contributed by atoms with Crippen molar-refractivity contribution in [3.05, 3.63) is 48.2 Å². The molecule has 0 fully saturated rings. The van der Waals surface area contributed by atoms with Crippen molar-refractivity contribution in [1.29, 1.82) is 5.41 Å². The Kier molecular flexibility index (Phi) is 4.24. The van der Waals surface area contributed by atoms with E-state index in [0.29, 0.717) is 18.7 Å². The standard InChI is InChI=1S/C14H16FN5/c1-10-13(15)14(19-9-18-10)20(8-7-12(16)17)11-5-3-2-4-6-11/h2-6,9H,7-8H2,1H3,(H3,16,17). The van der Waals surface area contributed by atoms with Crippen LogP contribution in [0.4, 0.5) is 15.9 Å². The van der Waals surface area contributed by atoms with Crippen LogP contribution in [0.1, 0.15) is 12.1 Å². The van der Waals surface area contributed by atoms with Crippen LogP contribution in [0.2, 0.25) is 0 Å². The molecule has 0 atom stereocenters. The van der Waals surface area contributed by atoms with Gasteiger partial charge in [-0.3, -0.25) is 5.41 Å². The van der Waals surface area contributed by atoms with Gasteiger partial charge in [0.15, 0.2) is 11.6 Å². The Labute approximate surface area is 116 Å². The smallest absolute Gasteiger partial charge is 0.187 e. The van der Waals surface area contributed by atoms with Gasteiger partial charge in [0.1, 0.15) is 6.33 Å². The molecule has 0 unspecified atom stereocenters.